The van der Waals surface area contributed by atoms with Crippen molar-refractivity contribution < 1.29 is 14.3 Å². The van der Waals surface area contributed by atoms with Crippen LogP contribution in [0.25, 0.3) is 0 Å². The van der Waals surface area contributed by atoms with Gasteiger partial charge in [-0.15, -0.1) is 6.58 Å². The Hall–Kier alpha value is -0.943. The van der Waals surface area contributed by atoms with E-state index in [1.165, 1.54) is 5.56 Å². The highest BCUT2D eigenvalue weighted by molar-refractivity contribution is 6.74. The maximum atomic E-state index is 10.2. The molecule has 0 aliphatic carbocycles. The molecule has 0 aliphatic heterocycles. The van der Waals surface area contributed by atoms with Crippen LogP contribution in [0.15, 0.2) is 43.0 Å². The number of hydrogen-bond donors (Lipinski definition) is 1. The topological polar surface area (TPSA) is 38.7 Å². The molecule has 4 heteroatoms. The van der Waals surface area contributed by atoms with Crippen LogP contribution in [0.3, 0.4) is 0 Å². The zero-order valence-corrected chi connectivity index (χ0v) is 17.6. The summed E-state index contributed by atoms with van der Waals surface area (Å²) in [5, 5.41) is 10.3. The van der Waals surface area contributed by atoms with E-state index in [0.29, 0.717) is 26.1 Å². The van der Waals surface area contributed by atoms with E-state index in [9.17, 15) is 5.11 Å². The highest BCUT2D eigenvalue weighted by atomic mass is 28.4. The number of benzene rings is 1. The van der Waals surface area contributed by atoms with Gasteiger partial charge in [-0.25, -0.2) is 0 Å². The molecule has 3 nitrogen and oxygen atoms in total. The van der Waals surface area contributed by atoms with Gasteiger partial charge in [0.1, 0.15) is 0 Å². The smallest absolute Gasteiger partial charge is 0.192 e. The van der Waals surface area contributed by atoms with Crippen LogP contribution in [0, 0.1) is 0 Å². The molecule has 1 aromatic carbocycles. The molecule has 1 aromatic rings. The van der Waals surface area contributed by atoms with Gasteiger partial charge in [-0.05, 0) is 43.0 Å². The summed E-state index contributed by atoms with van der Waals surface area (Å²) in [6.07, 6.45) is 3.41. The molecule has 0 amide bonds. The van der Waals surface area contributed by atoms with Crippen molar-refractivity contribution in [3.05, 3.63) is 48.6 Å². The normalized spacial score (nSPS) is 15.0. The van der Waals surface area contributed by atoms with Crippen LogP contribution in [-0.2, 0) is 15.8 Å². The molecular formula is C21H36O3Si. The van der Waals surface area contributed by atoms with Crippen LogP contribution >= 0.6 is 0 Å². The second kappa shape index (κ2) is 10.3. The van der Waals surface area contributed by atoms with E-state index in [0.717, 1.165) is 6.42 Å². The second-order valence-corrected chi connectivity index (χ2v) is 13.0. The Morgan fingerprint density at radius 2 is 1.84 bits per heavy atom. The number of rotatable bonds is 11. The van der Waals surface area contributed by atoms with Crippen molar-refractivity contribution in [3.63, 3.8) is 0 Å². The predicted molar refractivity (Wildman–Crippen MR) is 108 cm³/mol. The average Bonchev–Trinajstić information content (AvgIpc) is 2.51. The lowest BCUT2D eigenvalue weighted by Crippen LogP contribution is -2.44. The van der Waals surface area contributed by atoms with Crippen molar-refractivity contribution in [3.8, 4) is 0 Å². The molecule has 0 saturated heterocycles. The third kappa shape index (κ3) is 8.32. The number of aliphatic hydroxyl groups is 1. The lowest BCUT2D eigenvalue weighted by molar-refractivity contribution is 0.0475. The third-order valence-corrected chi connectivity index (χ3v) is 9.47. The first-order chi connectivity index (χ1) is 11.7. The average molecular weight is 365 g/mol. The van der Waals surface area contributed by atoms with Gasteiger partial charge in [0.25, 0.3) is 0 Å². The Kier molecular flexibility index (Phi) is 9.07. The highest BCUT2D eigenvalue weighted by Gasteiger charge is 2.39. The van der Waals surface area contributed by atoms with Gasteiger partial charge in [-0.3, -0.25) is 0 Å². The molecule has 2 atom stereocenters. The Morgan fingerprint density at radius 1 is 1.20 bits per heavy atom. The van der Waals surface area contributed by atoms with Gasteiger partial charge in [0.2, 0.25) is 0 Å². The van der Waals surface area contributed by atoms with Crippen molar-refractivity contribution in [2.45, 2.75) is 77.0 Å². The van der Waals surface area contributed by atoms with Crippen LogP contribution in [0.4, 0.5) is 0 Å². The SMILES string of the molecule is C=CCC(O)C[C@@H](CCOCc1ccccc1)O[Si](C)(C)C(C)(C)C. The first-order valence-corrected chi connectivity index (χ1v) is 12.1. The first-order valence-electron chi connectivity index (χ1n) is 9.24. The zero-order chi connectivity index (χ0) is 18.9. The standard InChI is InChI=1S/C21H36O3Si/c1-7-11-19(22)16-20(24-25(5,6)21(2,3)4)14-15-23-17-18-12-9-8-10-13-18/h7-10,12-13,19-20,22H,1,11,14-17H2,2-6H3/t19?,20-/m1/s1. The summed E-state index contributed by atoms with van der Waals surface area (Å²) < 4.78 is 12.4. The van der Waals surface area contributed by atoms with Gasteiger partial charge >= 0.3 is 0 Å². The minimum Gasteiger partial charge on any atom is -0.414 e. The van der Waals surface area contributed by atoms with Crippen LogP contribution in [0.5, 0.6) is 0 Å². The monoisotopic (exact) mass is 364 g/mol. The summed E-state index contributed by atoms with van der Waals surface area (Å²) in [6.45, 7) is 16.2. The van der Waals surface area contributed by atoms with Gasteiger partial charge in [-0.1, -0.05) is 57.2 Å². The second-order valence-electron chi connectivity index (χ2n) is 8.24. The summed E-state index contributed by atoms with van der Waals surface area (Å²) in [4.78, 5) is 0. The van der Waals surface area contributed by atoms with Crippen molar-refractivity contribution in [2.24, 2.45) is 0 Å². The predicted octanol–water partition coefficient (Wildman–Crippen LogP) is 5.31. The van der Waals surface area contributed by atoms with Crippen molar-refractivity contribution >= 4 is 8.32 Å². The fraction of sp³-hybridized carbons (Fsp3) is 0.619. The molecule has 0 saturated carbocycles. The van der Waals surface area contributed by atoms with Gasteiger partial charge < -0.3 is 14.3 Å². The van der Waals surface area contributed by atoms with Gasteiger partial charge in [0, 0.05) is 12.7 Å². The molecule has 0 radical (unpaired) electrons. The number of ether oxygens (including phenoxy) is 1. The molecule has 0 bridgehead atoms. The fourth-order valence-electron chi connectivity index (χ4n) is 2.39. The molecule has 0 spiro atoms. The van der Waals surface area contributed by atoms with E-state index < -0.39 is 14.4 Å². The van der Waals surface area contributed by atoms with Crippen LogP contribution in [-0.4, -0.2) is 32.2 Å². The summed E-state index contributed by atoms with van der Waals surface area (Å²) in [5.74, 6) is 0. The van der Waals surface area contributed by atoms with E-state index >= 15 is 0 Å². The molecule has 0 aliphatic rings. The largest absolute Gasteiger partial charge is 0.414 e. The van der Waals surface area contributed by atoms with E-state index in [4.69, 9.17) is 9.16 Å². The molecule has 1 N–H and O–H groups in total. The molecule has 25 heavy (non-hydrogen) atoms. The third-order valence-electron chi connectivity index (χ3n) is 4.94. The highest BCUT2D eigenvalue weighted by Crippen LogP contribution is 2.38. The maximum absolute atomic E-state index is 10.2. The molecule has 0 fully saturated rings. The Bertz CT molecular complexity index is 494. The van der Waals surface area contributed by atoms with E-state index in [1.807, 2.05) is 18.2 Å². The lowest BCUT2D eigenvalue weighted by Gasteiger charge is -2.39. The van der Waals surface area contributed by atoms with Crippen molar-refractivity contribution in [1.82, 2.24) is 0 Å². The van der Waals surface area contributed by atoms with Crippen molar-refractivity contribution in [1.29, 1.82) is 0 Å². The minimum atomic E-state index is -1.87. The number of hydrogen-bond acceptors (Lipinski definition) is 3. The van der Waals surface area contributed by atoms with E-state index in [-0.39, 0.29) is 11.1 Å². The van der Waals surface area contributed by atoms with E-state index in [1.54, 1.807) is 6.08 Å². The van der Waals surface area contributed by atoms with Gasteiger partial charge in [-0.2, -0.15) is 0 Å². The summed E-state index contributed by atoms with van der Waals surface area (Å²) >= 11 is 0. The number of aliphatic hydroxyl groups excluding tert-OH is 1. The Balaban J connectivity index is 2.56. The van der Waals surface area contributed by atoms with Crippen molar-refractivity contribution in [2.75, 3.05) is 6.61 Å². The first kappa shape index (κ1) is 22.1. The van der Waals surface area contributed by atoms with Crippen LogP contribution in [0.1, 0.15) is 45.6 Å². The molecule has 1 unspecified atom stereocenters. The minimum absolute atomic E-state index is 0.0200. The Labute approximate surface area is 155 Å². The van der Waals surface area contributed by atoms with E-state index in [2.05, 4.69) is 52.6 Å². The Morgan fingerprint density at radius 3 is 2.40 bits per heavy atom. The fourth-order valence-corrected chi connectivity index (χ4v) is 3.79. The molecule has 0 aromatic heterocycles. The molecule has 1 rings (SSSR count). The summed E-state index contributed by atoms with van der Waals surface area (Å²) in [6, 6.07) is 10.2. The summed E-state index contributed by atoms with van der Waals surface area (Å²) in [5.41, 5.74) is 1.18. The molecular weight excluding hydrogens is 328 g/mol. The van der Waals surface area contributed by atoms with Gasteiger partial charge in [0.15, 0.2) is 8.32 Å². The molecule has 142 valence electrons. The maximum Gasteiger partial charge on any atom is 0.192 e. The van der Waals surface area contributed by atoms with Gasteiger partial charge in [0.05, 0.1) is 12.7 Å². The quantitative estimate of drug-likeness (QED) is 0.328. The zero-order valence-electron chi connectivity index (χ0n) is 16.6. The molecule has 0 heterocycles. The van der Waals surface area contributed by atoms with Crippen LogP contribution in [0.2, 0.25) is 18.1 Å². The summed E-state index contributed by atoms with van der Waals surface area (Å²) in [7, 11) is -1.87. The van der Waals surface area contributed by atoms with Crippen LogP contribution < -0.4 is 0 Å². The lowest BCUT2D eigenvalue weighted by atomic mass is 10.1.